The second kappa shape index (κ2) is 6.94. The summed E-state index contributed by atoms with van der Waals surface area (Å²) in [7, 11) is 0. The Kier molecular flexibility index (Phi) is 4.58. The molecule has 1 aliphatic heterocycles. The predicted octanol–water partition coefficient (Wildman–Crippen LogP) is 5.83. The monoisotopic (exact) mass is 407 g/mol. The summed E-state index contributed by atoms with van der Waals surface area (Å²) in [6.07, 6.45) is 0. The van der Waals surface area contributed by atoms with Crippen molar-refractivity contribution < 1.29 is 26.7 Å². The lowest BCUT2D eigenvalue weighted by molar-refractivity contribution is 0.0984. The number of carbonyl (C=O) groups is 1. The lowest BCUT2D eigenvalue weighted by Gasteiger charge is -2.26. The summed E-state index contributed by atoms with van der Waals surface area (Å²) < 4.78 is 69.9. The van der Waals surface area contributed by atoms with E-state index in [2.05, 4.69) is 0 Å². The van der Waals surface area contributed by atoms with E-state index in [1.54, 1.807) is 42.5 Å². The van der Waals surface area contributed by atoms with Crippen LogP contribution in [0.15, 0.2) is 59.5 Å². The Labute approximate surface area is 160 Å². The third-order valence-corrected chi connectivity index (χ3v) is 5.60. The van der Waals surface area contributed by atoms with Gasteiger partial charge in [0, 0.05) is 10.5 Å². The number of thioether (sulfide) groups is 1. The Morgan fingerprint density at radius 1 is 0.750 bits per heavy atom. The summed E-state index contributed by atoms with van der Waals surface area (Å²) in [6.45, 7) is 0. The van der Waals surface area contributed by atoms with Crippen molar-refractivity contribution >= 4 is 23.4 Å². The molecule has 0 spiro atoms. The second-order valence-corrected chi connectivity index (χ2v) is 7.08. The average molecular weight is 407 g/mol. The summed E-state index contributed by atoms with van der Waals surface area (Å²) in [5, 5.41) is -1.45. The lowest BCUT2D eigenvalue weighted by atomic mass is 10.1. The van der Waals surface area contributed by atoms with Gasteiger partial charge < -0.3 is 0 Å². The number of benzene rings is 3. The first-order chi connectivity index (χ1) is 13.4. The molecular formula is C20H10F5NOS. The van der Waals surface area contributed by atoms with E-state index in [1.165, 1.54) is 12.1 Å². The largest absolute Gasteiger partial charge is 0.290 e. The molecule has 2 nitrogen and oxygen atoms in total. The first kappa shape index (κ1) is 18.5. The molecule has 28 heavy (non-hydrogen) atoms. The van der Waals surface area contributed by atoms with Crippen LogP contribution >= 0.6 is 11.8 Å². The molecule has 0 radical (unpaired) electrons. The van der Waals surface area contributed by atoms with E-state index in [9.17, 15) is 26.7 Å². The van der Waals surface area contributed by atoms with Crippen LogP contribution in [-0.4, -0.2) is 5.91 Å². The van der Waals surface area contributed by atoms with Crippen LogP contribution in [0.25, 0.3) is 0 Å². The van der Waals surface area contributed by atoms with E-state index in [-0.39, 0.29) is 5.56 Å². The zero-order valence-electron chi connectivity index (χ0n) is 13.9. The third kappa shape index (κ3) is 2.75. The molecule has 1 amide bonds. The number of hydrogen-bond donors (Lipinski definition) is 0. The van der Waals surface area contributed by atoms with Gasteiger partial charge in [0.25, 0.3) is 5.91 Å². The van der Waals surface area contributed by atoms with Gasteiger partial charge in [0.1, 0.15) is 5.37 Å². The van der Waals surface area contributed by atoms with E-state index in [0.717, 1.165) is 16.7 Å². The molecule has 3 aromatic rings. The number of amides is 1. The molecule has 0 saturated carbocycles. The maximum Gasteiger partial charge on any atom is 0.259 e. The maximum atomic E-state index is 14.4. The van der Waals surface area contributed by atoms with Crippen LogP contribution in [0.1, 0.15) is 21.3 Å². The van der Waals surface area contributed by atoms with Gasteiger partial charge in [0.2, 0.25) is 5.82 Å². The van der Waals surface area contributed by atoms with E-state index in [4.69, 9.17) is 0 Å². The molecular weight excluding hydrogens is 397 g/mol. The number of halogens is 5. The Balaban J connectivity index is 1.91. The normalized spacial score (nSPS) is 15.6. The van der Waals surface area contributed by atoms with Crippen molar-refractivity contribution in [3.05, 3.63) is 94.8 Å². The smallest absolute Gasteiger partial charge is 0.259 e. The average Bonchev–Trinajstić information content (AvgIpc) is 3.10. The highest BCUT2D eigenvalue weighted by Crippen LogP contribution is 2.53. The molecule has 1 heterocycles. The van der Waals surface area contributed by atoms with E-state index >= 15 is 0 Å². The first-order valence-corrected chi connectivity index (χ1v) is 8.95. The van der Waals surface area contributed by atoms with Crippen molar-refractivity contribution in [3.63, 3.8) is 0 Å². The topological polar surface area (TPSA) is 20.3 Å². The van der Waals surface area contributed by atoms with Crippen LogP contribution in [0.3, 0.4) is 0 Å². The molecule has 0 N–H and O–H groups in total. The Morgan fingerprint density at radius 2 is 1.29 bits per heavy atom. The van der Waals surface area contributed by atoms with Crippen LogP contribution in [0, 0.1) is 29.1 Å². The molecule has 4 rings (SSSR count). The zero-order chi connectivity index (χ0) is 20.0. The standard InChI is InChI=1S/C20H10F5NOS/c21-14-13(15(22)17(24)18(25)16(14)23)20-26(11-8-4-5-9-12(11)28-20)19(27)10-6-2-1-3-7-10/h1-9,20H. The molecule has 0 bridgehead atoms. The number of nitrogens with zero attached hydrogens (tertiary/aromatic N) is 1. The molecule has 0 aliphatic carbocycles. The number of rotatable bonds is 2. The van der Waals surface area contributed by atoms with Crippen LogP contribution in [0.4, 0.5) is 27.6 Å². The molecule has 1 unspecified atom stereocenters. The number of fused-ring (bicyclic) bond motifs is 1. The van der Waals surface area contributed by atoms with Crippen molar-refractivity contribution in [2.75, 3.05) is 4.90 Å². The molecule has 1 aliphatic rings. The first-order valence-electron chi connectivity index (χ1n) is 8.07. The summed E-state index contributed by atoms with van der Waals surface area (Å²) in [6, 6.07) is 14.3. The van der Waals surface area contributed by atoms with E-state index in [1.807, 2.05) is 0 Å². The van der Waals surface area contributed by atoms with Crippen molar-refractivity contribution in [1.82, 2.24) is 0 Å². The van der Waals surface area contributed by atoms with Gasteiger partial charge in [-0.05, 0) is 24.3 Å². The highest BCUT2D eigenvalue weighted by atomic mass is 32.2. The van der Waals surface area contributed by atoms with Gasteiger partial charge in [0.05, 0.1) is 11.3 Å². The van der Waals surface area contributed by atoms with Crippen LogP contribution in [0.2, 0.25) is 0 Å². The Bertz CT molecular complexity index is 1060. The summed E-state index contributed by atoms with van der Waals surface area (Å²) in [5.41, 5.74) is -0.508. The Morgan fingerprint density at radius 3 is 1.93 bits per heavy atom. The van der Waals surface area contributed by atoms with Gasteiger partial charge in [0.15, 0.2) is 23.3 Å². The van der Waals surface area contributed by atoms with Crippen molar-refractivity contribution in [1.29, 1.82) is 0 Å². The number of anilines is 1. The highest BCUT2D eigenvalue weighted by molar-refractivity contribution is 8.00. The third-order valence-electron chi connectivity index (χ3n) is 4.33. The fourth-order valence-corrected chi connectivity index (χ4v) is 4.34. The van der Waals surface area contributed by atoms with Crippen molar-refractivity contribution in [2.45, 2.75) is 10.3 Å². The summed E-state index contributed by atoms with van der Waals surface area (Å²) >= 11 is 0.841. The fourth-order valence-electron chi connectivity index (χ4n) is 3.02. The lowest BCUT2D eigenvalue weighted by Crippen LogP contribution is -2.32. The fraction of sp³-hybridized carbons (Fsp3) is 0.0500. The zero-order valence-corrected chi connectivity index (χ0v) is 14.7. The highest BCUT2D eigenvalue weighted by Gasteiger charge is 2.41. The minimum Gasteiger partial charge on any atom is -0.290 e. The van der Waals surface area contributed by atoms with Gasteiger partial charge in [-0.1, -0.05) is 42.1 Å². The molecule has 1 atom stereocenters. The quantitative estimate of drug-likeness (QED) is 0.303. The Hall–Kier alpha value is -2.87. The minimum atomic E-state index is -2.24. The van der Waals surface area contributed by atoms with Crippen LogP contribution in [0.5, 0.6) is 0 Å². The molecule has 0 saturated heterocycles. The molecule has 0 aromatic heterocycles. The molecule has 142 valence electrons. The number of para-hydroxylation sites is 1. The summed E-state index contributed by atoms with van der Waals surface area (Å²) in [5.74, 6) is -10.8. The van der Waals surface area contributed by atoms with E-state index in [0.29, 0.717) is 10.6 Å². The van der Waals surface area contributed by atoms with Gasteiger partial charge in [-0.2, -0.15) is 0 Å². The SMILES string of the molecule is O=C(c1ccccc1)N1c2ccccc2SC1c1c(F)c(F)c(F)c(F)c1F. The molecule has 3 aromatic carbocycles. The number of hydrogen-bond acceptors (Lipinski definition) is 2. The summed E-state index contributed by atoms with van der Waals surface area (Å²) in [4.78, 5) is 14.6. The van der Waals surface area contributed by atoms with Gasteiger partial charge in [-0.15, -0.1) is 0 Å². The molecule has 0 fully saturated rings. The van der Waals surface area contributed by atoms with Crippen molar-refractivity contribution in [3.8, 4) is 0 Å². The van der Waals surface area contributed by atoms with Gasteiger partial charge >= 0.3 is 0 Å². The predicted molar refractivity (Wildman–Crippen MR) is 94.5 cm³/mol. The number of carbonyl (C=O) groups excluding carboxylic acids is 1. The van der Waals surface area contributed by atoms with Gasteiger partial charge in [-0.3, -0.25) is 9.69 Å². The van der Waals surface area contributed by atoms with Crippen molar-refractivity contribution in [2.24, 2.45) is 0 Å². The van der Waals surface area contributed by atoms with E-state index < -0.39 is 45.9 Å². The van der Waals surface area contributed by atoms with Crippen LogP contribution in [-0.2, 0) is 0 Å². The van der Waals surface area contributed by atoms with Crippen LogP contribution < -0.4 is 4.90 Å². The van der Waals surface area contributed by atoms with Gasteiger partial charge in [-0.25, -0.2) is 22.0 Å². The second-order valence-electron chi connectivity index (χ2n) is 5.96. The molecule has 8 heteroatoms. The minimum absolute atomic E-state index is 0.216. The maximum absolute atomic E-state index is 14.4.